The first-order valence-corrected chi connectivity index (χ1v) is 7.84. The summed E-state index contributed by atoms with van der Waals surface area (Å²) in [5.74, 6) is 1.59. The molecule has 4 rings (SSSR count). The van der Waals surface area contributed by atoms with E-state index in [2.05, 4.69) is 33.5 Å². The molecule has 0 saturated heterocycles. The molecule has 22 heavy (non-hydrogen) atoms. The molecule has 1 aromatic carbocycles. The lowest BCUT2D eigenvalue weighted by Crippen LogP contribution is -2.14. The number of aromatic amines is 1. The summed E-state index contributed by atoms with van der Waals surface area (Å²) in [5, 5.41) is 4.82. The van der Waals surface area contributed by atoms with Crippen LogP contribution in [-0.2, 0) is 0 Å². The Morgan fingerprint density at radius 2 is 2.05 bits per heavy atom. The van der Waals surface area contributed by atoms with Gasteiger partial charge in [0.1, 0.15) is 11.5 Å². The summed E-state index contributed by atoms with van der Waals surface area (Å²) in [4.78, 5) is 7.41. The number of fused-ring (bicyclic) bond motifs is 1. The summed E-state index contributed by atoms with van der Waals surface area (Å²) in [6.45, 7) is 0. The first kappa shape index (κ1) is 13.2. The van der Waals surface area contributed by atoms with Crippen molar-refractivity contribution in [2.45, 2.75) is 31.7 Å². The average Bonchev–Trinajstić information content (AvgIpc) is 3.19. The summed E-state index contributed by atoms with van der Waals surface area (Å²) in [5.41, 5.74) is 2.26. The van der Waals surface area contributed by atoms with Crippen LogP contribution in [0.4, 0.5) is 5.69 Å². The maximum Gasteiger partial charge on any atom is 0.145 e. The van der Waals surface area contributed by atoms with Crippen molar-refractivity contribution in [3.63, 3.8) is 0 Å². The molecular weight excluding hydrogens is 274 g/mol. The SMILES string of the molecule is c1cncc(Oc2cc(NC3CCCC3)c3[nH]ccc3c2)c1. The number of rotatable bonds is 4. The minimum absolute atomic E-state index is 0.570. The summed E-state index contributed by atoms with van der Waals surface area (Å²) < 4.78 is 5.94. The second-order valence-electron chi connectivity index (χ2n) is 5.83. The van der Waals surface area contributed by atoms with Crippen LogP contribution in [0.5, 0.6) is 11.5 Å². The molecule has 2 heterocycles. The van der Waals surface area contributed by atoms with Crippen LogP contribution in [-0.4, -0.2) is 16.0 Å². The second-order valence-corrected chi connectivity index (χ2v) is 5.83. The van der Waals surface area contributed by atoms with Crippen molar-refractivity contribution in [2.75, 3.05) is 5.32 Å². The molecule has 1 aliphatic rings. The van der Waals surface area contributed by atoms with Gasteiger partial charge in [-0.25, -0.2) is 0 Å². The van der Waals surface area contributed by atoms with Gasteiger partial charge >= 0.3 is 0 Å². The number of hydrogen-bond donors (Lipinski definition) is 2. The third-order valence-electron chi connectivity index (χ3n) is 4.22. The van der Waals surface area contributed by atoms with E-state index in [-0.39, 0.29) is 0 Å². The Bertz CT molecular complexity index is 760. The topological polar surface area (TPSA) is 49.9 Å². The van der Waals surface area contributed by atoms with Gasteiger partial charge in [-0.1, -0.05) is 12.8 Å². The Kier molecular flexibility index (Phi) is 3.43. The van der Waals surface area contributed by atoms with Crippen molar-refractivity contribution in [2.24, 2.45) is 0 Å². The molecule has 1 saturated carbocycles. The van der Waals surface area contributed by atoms with Crippen LogP contribution in [0.15, 0.2) is 48.9 Å². The number of ether oxygens (including phenoxy) is 1. The first-order valence-electron chi connectivity index (χ1n) is 7.84. The van der Waals surface area contributed by atoms with Gasteiger partial charge in [0, 0.05) is 29.9 Å². The number of nitrogens with zero attached hydrogens (tertiary/aromatic N) is 1. The molecule has 1 fully saturated rings. The number of hydrogen-bond acceptors (Lipinski definition) is 3. The Morgan fingerprint density at radius 3 is 2.86 bits per heavy atom. The lowest BCUT2D eigenvalue weighted by molar-refractivity contribution is 0.481. The molecule has 2 aromatic heterocycles. The molecule has 112 valence electrons. The van der Waals surface area contributed by atoms with E-state index in [9.17, 15) is 0 Å². The molecule has 0 spiro atoms. The van der Waals surface area contributed by atoms with Gasteiger partial charge in [-0.3, -0.25) is 4.98 Å². The number of anilines is 1. The minimum Gasteiger partial charge on any atom is -0.456 e. The lowest BCUT2D eigenvalue weighted by atomic mass is 10.1. The standard InChI is InChI=1S/C18H19N3O/c1-2-5-14(4-1)21-17-11-16(10-13-7-9-20-18(13)17)22-15-6-3-8-19-12-15/h3,6-12,14,20-21H,1-2,4-5H2. The zero-order chi connectivity index (χ0) is 14.8. The second kappa shape index (κ2) is 5.72. The third-order valence-corrected chi connectivity index (χ3v) is 4.22. The molecule has 0 unspecified atom stereocenters. The van der Waals surface area contributed by atoms with E-state index in [0.717, 1.165) is 28.1 Å². The van der Waals surface area contributed by atoms with Crippen molar-refractivity contribution in [3.05, 3.63) is 48.9 Å². The van der Waals surface area contributed by atoms with Crippen LogP contribution < -0.4 is 10.1 Å². The van der Waals surface area contributed by atoms with Gasteiger partial charge in [0.05, 0.1) is 17.4 Å². The van der Waals surface area contributed by atoms with Gasteiger partial charge in [-0.2, -0.15) is 0 Å². The summed E-state index contributed by atoms with van der Waals surface area (Å²) in [6, 6.07) is 10.6. The predicted molar refractivity (Wildman–Crippen MR) is 88.5 cm³/mol. The number of aromatic nitrogens is 2. The highest BCUT2D eigenvalue weighted by Gasteiger charge is 2.16. The van der Waals surface area contributed by atoms with Crippen LogP contribution in [0.3, 0.4) is 0 Å². The van der Waals surface area contributed by atoms with Crippen LogP contribution in [0.1, 0.15) is 25.7 Å². The monoisotopic (exact) mass is 293 g/mol. The van der Waals surface area contributed by atoms with Crippen LogP contribution in [0.2, 0.25) is 0 Å². The van der Waals surface area contributed by atoms with Gasteiger partial charge in [0.25, 0.3) is 0 Å². The zero-order valence-corrected chi connectivity index (χ0v) is 12.4. The van der Waals surface area contributed by atoms with Crippen molar-refractivity contribution >= 4 is 16.6 Å². The molecular formula is C18H19N3O. The summed E-state index contributed by atoms with van der Waals surface area (Å²) >= 11 is 0. The molecule has 3 aromatic rings. The van der Waals surface area contributed by atoms with Gasteiger partial charge in [-0.15, -0.1) is 0 Å². The highest BCUT2D eigenvalue weighted by Crippen LogP contribution is 2.33. The quantitative estimate of drug-likeness (QED) is 0.732. The zero-order valence-electron chi connectivity index (χ0n) is 12.4. The summed E-state index contributed by atoms with van der Waals surface area (Å²) in [6.07, 6.45) is 10.6. The average molecular weight is 293 g/mol. The van der Waals surface area contributed by atoms with E-state index in [4.69, 9.17) is 4.74 Å². The number of H-pyrrole nitrogens is 1. The van der Waals surface area contributed by atoms with Crippen molar-refractivity contribution in [3.8, 4) is 11.5 Å². The fraction of sp³-hybridized carbons (Fsp3) is 0.278. The van der Waals surface area contributed by atoms with E-state index in [0.29, 0.717) is 6.04 Å². The van der Waals surface area contributed by atoms with Gasteiger partial charge in [0.15, 0.2) is 0 Å². The molecule has 0 bridgehead atoms. The molecule has 1 aliphatic carbocycles. The molecule has 0 radical (unpaired) electrons. The third kappa shape index (κ3) is 2.64. The Hall–Kier alpha value is -2.49. The fourth-order valence-electron chi connectivity index (χ4n) is 3.15. The Morgan fingerprint density at radius 1 is 1.14 bits per heavy atom. The highest BCUT2D eigenvalue weighted by molar-refractivity contribution is 5.92. The van der Waals surface area contributed by atoms with E-state index >= 15 is 0 Å². The Labute approximate surface area is 129 Å². The van der Waals surface area contributed by atoms with Crippen LogP contribution in [0.25, 0.3) is 10.9 Å². The largest absolute Gasteiger partial charge is 0.456 e. The lowest BCUT2D eigenvalue weighted by Gasteiger charge is -2.16. The highest BCUT2D eigenvalue weighted by atomic mass is 16.5. The number of nitrogens with one attached hydrogen (secondary N) is 2. The maximum absolute atomic E-state index is 5.94. The fourth-order valence-corrected chi connectivity index (χ4v) is 3.15. The number of pyridine rings is 1. The van der Waals surface area contributed by atoms with E-state index in [1.807, 2.05) is 18.3 Å². The van der Waals surface area contributed by atoms with E-state index in [1.54, 1.807) is 12.4 Å². The van der Waals surface area contributed by atoms with Crippen LogP contribution in [0, 0.1) is 0 Å². The molecule has 0 aliphatic heterocycles. The molecule has 0 amide bonds. The smallest absolute Gasteiger partial charge is 0.145 e. The minimum atomic E-state index is 0.570. The molecule has 2 N–H and O–H groups in total. The predicted octanol–water partition coefficient (Wildman–Crippen LogP) is 4.71. The summed E-state index contributed by atoms with van der Waals surface area (Å²) in [7, 11) is 0. The molecule has 0 atom stereocenters. The molecule has 4 heteroatoms. The van der Waals surface area contributed by atoms with Gasteiger partial charge < -0.3 is 15.0 Å². The van der Waals surface area contributed by atoms with Crippen molar-refractivity contribution in [1.82, 2.24) is 9.97 Å². The number of benzene rings is 1. The maximum atomic E-state index is 5.94. The van der Waals surface area contributed by atoms with Crippen LogP contribution >= 0.6 is 0 Å². The molecule has 4 nitrogen and oxygen atoms in total. The van der Waals surface area contributed by atoms with Crippen molar-refractivity contribution < 1.29 is 4.74 Å². The normalized spacial score (nSPS) is 15.3. The van der Waals surface area contributed by atoms with Crippen molar-refractivity contribution in [1.29, 1.82) is 0 Å². The van der Waals surface area contributed by atoms with Gasteiger partial charge in [0.2, 0.25) is 0 Å². The van der Waals surface area contributed by atoms with E-state index in [1.165, 1.54) is 25.7 Å². The van der Waals surface area contributed by atoms with Gasteiger partial charge in [-0.05, 0) is 37.1 Å². The first-order chi connectivity index (χ1) is 10.9. The Balaban J connectivity index is 1.67. The van der Waals surface area contributed by atoms with E-state index < -0.39 is 0 Å².